The van der Waals surface area contributed by atoms with Crippen LogP contribution < -0.4 is 9.62 Å². The Morgan fingerprint density at radius 3 is 2.08 bits per heavy atom. The van der Waals surface area contributed by atoms with Crippen LogP contribution in [0.5, 0.6) is 0 Å². The Balaban J connectivity index is 2.04. The monoisotopic (exact) mass is 603 g/mol. The normalized spacial score (nSPS) is 12.4. The summed E-state index contributed by atoms with van der Waals surface area (Å²) in [6.07, 6.45) is 0.828. The van der Waals surface area contributed by atoms with Crippen LogP contribution in [0.25, 0.3) is 0 Å². The highest BCUT2D eigenvalue weighted by Gasteiger charge is 2.35. The van der Waals surface area contributed by atoms with Crippen molar-refractivity contribution in [1.29, 1.82) is 0 Å². The molecule has 10 heteroatoms. The Morgan fingerprint density at radius 1 is 0.925 bits per heavy atom. The van der Waals surface area contributed by atoms with Crippen LogP contribution in [0.2, 0.25) is 10.0 Å². The molecule has 0 aliphatic heterocycles. The van der Waals surface area contributed by atoms with Crippen LogP contribution in [-0.4, -0.2) is 49.8 Å². The molecule has 0 aliphatic carbocycles. The van der Waals surface area contributed by atoms with Crippen LogP contribution in [0.15, 0.2) is 83.8 Å². The molecule has 0 heterocycles. The molecule has 2 amide bonds. The van der Waals surface area contributed by atoms with Crippen molar-refractivity contribution in [3.05, 3.63) is 94.5 Å². The number of anilines is 1. The summed E-state index contributed by atoms with van der Waals surface area (Å²) in [4.78, 5) is 28.9. The molecule has 0 aliphatic rings. The molecule has 40 heavy (non-hydrogen) atoms. The van der Waals surface area contributed by atoms with Gasteiger partial charge in [0, 0.05) is 17.1 Å². The lowest BCUT2D eigenvalue weighted by molar-refractivity contribution is -0.140. The molecule has 3 rings (SSSR count). The molecule has 1 unspecified atom stereocenters. The van der Waals surface area contributed by atoms with Crippen molar-refractivity contribution in [2.24, 2.45) is 0 Å². The third-order valence-electron chi connectivity index (χ3n) is 6.16. The van der Waals surface area contributed by atoms with Gasteiger partial charge < -0.3 is 10.2 Å². The van der Waals surface area contributed by atoms with E-state index in [-0.39, 0.29) is 28.1 Å². The molecule has 3 aromatic carbocycles. The Morgan fingerprint density at radius 2 is 1.52 bits per heavy atom. The van der Waals surface area contributed by atoms with Crippen LogP contribution in [0.3, 0.4) is 0 Å². The molecule has 0 fully saturated rings. The maximum atomic E-state index is 14.0. The number of hydrogen-bond acceptors (Lipinski definition) is 4. The van der Waals surface area contributed by atoms with E-state index < -0.39 is 34.1 Å². The van der Waals surface area contributed by atoms with Crippen molar-refractivity contribution in [3.63, 3.8) is 0 Å². The van der Waals surface area contributed by atoms with E-state index in [1.165, 1.54) is 35.2 Å². The van der Waals surface area contributed by atoms with Crippen molar-refractivity contribution in [1.82, 2.24) is 10.2 Å². The number of amides is 2. The molecule has 7 nitrogen and oxygen atoms in total. The van der Waals surface area contributed by atoms with Crippen LogP contribution >= 0.6 is 23.2 Å². The molecule has 1 atom stereocenters. The predicted molar refractivity (Wildman–Crippen MR) is 161 cm³/mol. The number of sulfonamides is 1. The first-order chi connectivity index (χ1) is 18.8. The lowest BCUT2D eigenvalue weighted by Crippen LogP contribution is -2.56. The van der Waals surface area contributed by atoms with E-state index in [1.54, 1.807) is 18.2 Å². The van der Waals surface area contributed by atoms with E-state index >= 15 is 0 Å². The quantitative estimate of drug-likeness (QED) is 0.293. The molecular weight excluding hydrogens is 569 g/mol. The maximum Gasteiger partial charge on any atom is 0.264 e. The first kappa shape index (κ1) is 31.5. The van der Waals surface area contributed by atoms with E-state index in [9.17, 15) is 18.0 Å². The van der Waals surface area contributed by atoms with Crippen molar-refractivity contribution in [3.8, 4) is 0 Å². The smallest absolute Gasteiger partial charge is 0.264 e. The van der Waals surface area contributed by atoms with Crippen molar-refractivity contribution in [2.45, 2.75) is 57.0 Å². The third kappa shape index (κ3) is 8.22. The van der Waals surface area contributed by atoms with E-state index in [0.717, 1.165) is 9.87 Å². The molecule has 0 saturated carbocycles. The van der Waals surface area contributed by atoms with Gasteiger partial charge in [-0.25, -0.2) is 8.42 Å². The Hall–Kier alpha value is -3.07. The number of halogens is 2. The van der Waals surface area contributed by atoms with Gasteiger partial charge >= 0.3 is 0 Å². The summed E-state index contributed by atoms with van der Waals surface area (Å²) < 4.78 is 28.7. The largest absolute Gasteiger partial charge is 0.350 e. The molecule has 1 N–H and O–H groups in total. The number of nitrogens with one attached hydrogen (secondary N) is 1. The van der Waals surface area contributed by atoms with Gasteiger partial charge in [-0.3, -0.25) is 13.9 Å². The zero-order chi connectivity index (χ0) is 29.5. The highest BCUT2D eigenvalue weighted by molar-refractivity contribution is 7.92. The van der Waals surface area contributed by atoms with Gasteiger partial charge in [-0.1, -0.05) is 78.7 Å². The Kier molecular flexibility index (Phi) is 10.6. The summed E-state index contributed by atoms with van der Waals surface area (Å²) in [6.45, 7) is 7.07. The summed E-state index contributed by atoms with van der Waals surface area (Å²) >= 11 is 12.5. The van der Waals surface area contributed by atoms with Crippen molar-refractivity contribution in [2.75, 3.05) is 17.4 Å². The highest BCUT2D eigenvalue weighted by atomic mass is 35.5. The summed E-state index contributed by atoms with van der Waals surface area (Å²) in [7, 11) is -4.21. The van der Waals surface area contributed by atoms with Crippen LogP contribution in [0.1, 0.15) is 39.7 Å². The minimum atomic E-state index is -4.21. The van der Waals surface area contributed by atoms with E-state index in [0.29, 0.717) is 17.9 Å². The van der Waals surface area contributed by atoms with Gasteiger partial charge in [0.1, 0.15) is 12.6 Å². The number of carbonyl (C=O) groups is 2. The summed E-state index contributed by atoms with van der Waals surface area (Å²) in [6, 6.07) is 21.0. The first-order valence-corrected chi connectivity index (χ1v) is 15.2. The van der Waals surface area contributed by atoms with Gasteiger partial charge in [0.2, 0.25) is 11.8 Å². The standard InChI is InChI=1S/C30H35Cl2N3O4S/c1-5-26(29(37)33-30(2,3)4)34(19-18-22-12-8-6-9-13-22)28(36)21-35(27-17-16-23(31)20-25(27)32)40(38,39)24-14-10-7-11-15-24/h6-17,20,26H,5,18-19,21H2,1-4H3,(H,33,37). The maximum absolute atomic E-state index is 14.0. The van der Waals surface area contributed by atoms with Gasteiger partial charge in [-0.05, 0) is 69.5 Å². The molecule has 0 spiro atoms. The molecule has 214 valence electrons. The van der Waals surface area contributed by atoms with Gasteiger partial charge in [-0.2, -0.15) is 0 Å². The summed E-state index contributed by atoms with van der Waals surface area (Å²) in [5.41, 5.74) is 0.581. The first-order valence-electron chi connectivity index (χ1n) is 13.0. The van der Waals surface area contributed by atoms with E-state index in [4.69, 9.17) is 23.2 Å². The number of nitrogens with zero attached hydrogens (tertiary/aromatic N) is 2. The Bertz CT molecular complexity index is 1410. The van der Waals surface area contributed by atoms with Gasteiger partial charge in [0.15, 0.2) is 0 Å². The molecule has 0 radical (unpaired) electrons. The Labute approximate surface area is 247 Å². The van der Waals surface area contributed by atoms with Crippen LogP contribution in [-0.2, 0) is 26.0 Å². The molecular formula is C30H35Cl2N3O4S. The van der Waals surface area contributed by atoms with Gasteiger partial charge in [-0.15, -0.1) is 0 Å². The lowest BCUT2D eigenvalue weighted by Gasteiger charge is -2.35. The SMILES string of the molecule is CCC(C(=O)NC(C)(C)C)N(CCc1ccccc1)C(=O)CN(c1ccc(Cl)cc1Cl)S(=O)(=O)c1ccccc1. The number of carbonyl (C=O) groups excluding carboxylic acids is 2. The average Bonchev–Trinajstić information content (AvgIpc) is 2.90. The average molecular weight is 605 g/mol. The third-order valence-corrected chi connectivity index (χ3v) is 8.47. The van der Waals surface area contributed by atoms with Gasteiger partial charge in [0.05, 0.1) is 15.6 Å². The summed E-state index contributed by atoms with van der Waals surface area (Å²) in [5.74, 6) is -0.837. The molecule has 0 bridgehead atoms. The second-order valence-corrected chi connectivity index (χ2v) is 13.1. The minimum Gasteiger partial charge on any atom is -0.350 e. The van der Waals surface area contributed by atoms with Crippen molar-refractivity contribution < 1.29 is 18.0 Å². The number of hydrogen-bond donors (Lipinski definition) is 1. The fourth-order valence-electron chi connectivity index (χ4n) is 4.27. The van der Waals surface area contributed by atoms with E-state index in [2.05, 4.69) is 5.32 Å². The molecule has 0 saturated heterocycles. The van der Waals surface area contributed by atoms with Crippen molar-refractivity contribution >= 4 is 50.7 Å². The topological polar surface area (TPSA) is 86.8 Å². The molecule has 0 aromatic heterocycles. The van der Waals surface area contributed by atoms with Gasteiger partial charge in [0.25, 0.3) is 10.0 Å². The fraction of sp³-hybridized carbons (Fsp3) is 0.333. The van der Waals surface area contributed by atoms with Crippen LogP contribution in [0.4, 0.5) is 5.69 Å². The minimum absolute atomic E-state index is 0.00201. The molecule has 3 aromatic rings. The predicted octanol–water partition coefficient (Wildman–Crippen LogP) is 5.95. The summed E-state index contributed by atoms with van der Waals surface area (Å²) in [5, 5.41) is 3.36. The lowest BCUT2D eigenvalue weighted by atomic mass is 10.1. The van der Waals surface area contributed by atoms with Crippen LogP contribution in [0, 0.1) is 0 Å². The zero-order valence-electron chi connectivity index (χ0n) is 23.1. The highest BCUT2D eigenvalue weighted by Crippen LogP contribution is 2.33. The van der Waals surface area contributed by atoms with E-state index in [1.807, 2.05) is 58.0 Å². The fourth-order valence-corrected chi connectivity index (χ4v) is 6.28. The zero-order valence-corrected chi connectivity index (χ0v) is 25.4. The number of benzene rings is 3. The second-order valence-electron chi connectivity index (χ2n) is 10.4. The number of rotatable bonds is 11. The second kappa shape index (κ2) is 13.5.